The van der Waals surface area contributed by atoms with Gasteiger partial charge in [-0.3, -0.25) is 0 Å². The molecule has 0 saturated heterocycles. The van der Waals surface area contributed by atoms with Crippen LogP contribution in [0.1, 0.15) is 21.1 Å². The summed E-state index contributed by atoms with van der Waals surface area (Å²) in [5.41, 5.74) is 1.82. The molecular weight excluding hydrogens is 238 g/mol. The number of rotatable bonds is 4. The SMILES string of the molecule is Cc1nc(CNCc2cc(C#N)cs2)cs1. The molecule has 2 rings (SSSR count). The monoisotopic (exact) mass is 249 g/mol. The molecular formula is C11H11N3S2. The Morgan fingerprint density at radius 2 is 2.25 bits per heavy atom. The van der Waals surface area contributed by atoms with E-state index in [1.165, 1.54) is 4.88 Å². The molecule has 0 fully saturated rings. The van der Waals surface area contributed by atoms with Crippen LogP contribution >= 0.6 is 22.7 Å². The van der Waals surface area contributed by atoms with Gasteiger partial charge in [0.2, 0.25) is 0 Å². The fourth-order valence-electron chi connectivity index (χ4n) is 1.34. The predicted octanol–water partition coefficient (Wildman–Crippen LogP) is 2.67. The summed E-state index contributed by atoms with van der Waals surface area (Å²) in [7, 11) is 0. The van der Waals surface area contributed by atoms with Gasteiger partial charge in [0.1, 0.15) is 6.07 Å². The highest BCUT2D eigenvalue weighted by Gasteiger charge is 2.00. The van der Waals surface area contributed by atoms with Crippen molar-refractivity contribution in [2.45, 2.75) is 20.0 Å². The Morgan fingerprint density at radius 3 is 2.88 bits per heavy atom. The number of thiophene rings is 1. The molecule has 0 aromatic carbocycles. The maximum atomic E-state index is 8.68. The summed E-state index contributed by atoms with van der Waals surface area (Å²) in [6.07, 6.45) is 0. The van der Waals surface area contributed by atoms with Gasteiger partial charge in [0.05, 0.1) is 16.3 Å². The zero-order valence-electron chi connectivity index (χ0n) is 8.86. The Morgan fingerprint density at radius 1 is 1.38 bits per heavy atom. The quantitative estimate of drug-likeness (QED) is 0.906. The number of nitrogens with one attached hydrogen (secondary N) is 1. The average Bonchev–Trinajstić information content (AvgIpc) is 2.88. The molecule has 0 unspecified atom stereocenters. The summed E-state index contributed by atoms with van der Waals surface area (Å²) in [5.74, 6) is 0. The van der Waals surface area contributed by atoms with Crippen molar-refractivity contribution in [3.8, 4) is 6.07 Å². The second-order valence-electron chi connectivity index (χ2n) is 3.37. The van der Waals surface area contributed by atoms with Crippen molar-refractivity contribution in [1.29, 1.82) is 5.26 Å². The molecule has 2 aromatic rings. The van der Waals surface area contributed by atoms with Crippen molar-refractivity contribution in [1.82, 2.24) is 10.3 Å². The van der Waals surface area contributed by atoms with Gasteiger partial charge in [0, 0.05) is 28.7 Å². The van der Waals surface area contributed by atoms with E-state index in [2.05, 4.69) is 21.8 Å². The lowest BCUT2D eigenvalue weighted by Crippen LogP contribution is -2.11. The second kappa shape index (κ2) is 5.21. The Labute approximate surface area is 102 Å². The lowest BCUT2D eigenvalue weighted by Gasteiger charge is -1.99. The van der Waals surface area contributed by atoms with Crippen LogP contribution in [0.2, 0.25) is 0 Å². The van der Waals surface area contributed by atoms with E-state index in [-0.39, 0.29) is 0 Å². The molecule has 0 aliphatic rings. The molecule has 0 bridgehead atoms. The van der Waals surface area contributed by atoms with E-state index >= 15 is 0 Å². The first-order chi connectivity index (χ1) is 7.78. The number of aromatic nitrogens is 1. The van der Waals surface area contributed by atoms with Crippen molar-refractivity contribution in [3.05, 3.63) is 38.0 Å². The average molecular weight is 249 g/mol. The lowest BCUT2D eigenvalue weighted by molar-refractivity contribution is 0.688. The van der Waals surface area contributed by atoms with Crippen molar-refractivity contribution in [2.75, 3.05) is 0 Å². The van der Waals surface area contributed by atoms with Crippen LogP contribution in [0.4, 0.5) is 0 Å². The molecule has 2 aromatic heterocycles. The maximum Gasteiger partial charge on any atom is 0.100 e. The molecule has 0 aliphatic heterocycles. The zero-order chi connectivity index (χ0) is 11.4. The van der Waals surface area contributed by atoms with E-state index in [4.69, 9.17) is 5.26 Å². The van der Waals surface area contributed by atoms with Crippen LogP contribution in [0.15, 0.2) is 16.8 Å². The van der Waals surface area contributed by atoms with Crippen molar-refractivity contribution < 1.29 is 0 Å². The van der Waals surface area contributed by atoms with E-state index in [1.54, 1.807) is 22.7 Å². The molecule has 0 radical (unpaired) electrons. The number of thiazole rings is 1. The van der Waals surface area contributed by atoms with Crippen molar-refractivity contribution in [3.63, 3.8) is 0 Å². The van der Waals surface area contributed by atoms with Gasteiger partial charge in [-0.05, 0) is 13.0 Å². The summed E-state index contributed by atoms with van der Waals surface area (Å²) in [6, 6.07) is 4.05. The van der Waals surface area contributed by atoms with Gasteiger partial charge in [-0.15, -0.1) is 22.7 Å². The Balaban J connectivity index is 1.82. The zero-order valence-corrected chi connectivity index (χ0v) is 10.5. The smallest absolute Gasteiger partial charge is 0.100 e. The number of hydrogen-bond donors (Lipinski definition) is 1. The maximum absolute atomic E-state index is 8.68. The largest absolute Gasteiger partial charge is 0.306 e. The second-order valence-corrected chi connectivity index (χ2v) is 5.43. The number of aryl methyl sites for hydroxylation is 1. The number of nitrogens with zero attached hydrogens (tertiary/aromatic N) is 2. The fraction of sp³-hybridized carbons (Fsp3) is 0.273. The molecule has 82 valence electrons. The van der Waals surface area contributed by atoms with Gasteiger partial charge in [-0.1, -0.05) is 0 Å². The van der Waals surface area contributed by atoms with Gasteiger partial charge in [0.25, 0.3) is 0 Å². The molecule has 0 atom stereocenters. The summed E-state index contributed by atoms with van der Waals surface area (Å²) in [4.78, 5) is 5.55. The molecule has 0 amide bonds. The van der Waals surface area contributed by atoms with Crippen molar-refractivity contribution >= 4 is 22.7 Å². The van der Waals surface area contributed by atoms with Gasteiger partial charge in [0.15, 0.2) is 0 Å². The van der Waals surface area contributed by atoms with Crippen LogP contribution in [-0.2, 0) is 13.1 Å². The minimum atomic E-state index is 0.742. The first-order valence-electron chi connectivity index (χ1n) is 4.87. The third-order valence-electron chi connectivity index (χ3n) is 2.05. The summed E-state index contributed by atoms with van der Waals surface area (Å²) < 4.78 is 0. The summed E-state index contributed by atoms with van der Waals surface area (Å²) >= 11 is 3.28. The van der Waals surface area contributed by atoms with E-state index in [0.717, 1.165) is 29.4 Å². The third-order valence-corrected chi connectivity index (χ3v) is 3.81. The van der Waals surface area contributed by atoms with Crippen LogP contribution in [0.3, 0.4) is 0 Å². The topological polar surface area (TPSA) is 48.7 Å². The van der Waals surface area contributed by atoms with Crippen LogP contribution in [-0.4, -0.2) is 4.98 Å². The van der Waals surface area contributed by atoms with E-state index < -0.39 is 0 Å². The van der Waals surface area contributed by atoms with E-state index in [1.807, 2.05) is 18.4 Å². The van der Waals surface area contributed by atoms with Gasteiger partial charge in [-0.25, -0.2) is 4.98 Å². The molecule has 5 heteroatoms. The van der Waals surface area contributed by atoms with Gasteiger partial charge < -0.3 is 5.32 Å². The first-order valence-corrected chi connectivity index (χ1v) is 6.63. The molecule has 0 aliphatic carbocycles. The van der Waals surface area contributed by atoms with Crippen LogP contribution in [0.5, 0.6) is 0 Å². The van der Waals surface area contributed by atoms with Gasteiger partial charge >= 0.3 is 0 Å². The minimum absolute atomic E-state index is 0.742. The normalized spacial score (nSPS) is 10.2. The highest BCUT2D eigenvalue weighted by atomic mass is 32.1. The van der Waals surface area contributed by atoms with Crippen LogP contribution < -0.4 is 5.32 Å². The van der Waals surface area contributed by atoms with Crippen LogP contribution in [0, 0.1) is 18.3 Å². The summed E-state index contributed by atoms with van der Waals surface area (Å²) in [6.45, 7) is 3.58. The standard InChI is InChI=1S/C11H11N3S2/c1-8-14-10(7-15-8)4-13-5-11-2-9(3-12)6-16-11/h2,6-7,13H,4-5H2,1H3. The molecule has 0 spiro atoms. The molecule has 16 heavy (non-hydrogen) atoms. The summed E-state index contributed by atoms with van der Waals surface area (Å²) in [5, 5.41) is 17.0. The van der Waals surface area contributed by atoms with Crippen LogP contribution in [0.25, 0.3) is 0 Å². The molecule has 2 heterocycles. The number of hydrogen-bond acceptors (Lipinski definition) is 5. The first kappa shape index (κ1) is 11.3. The highest BCUT2D eigenvalue weighted by Crippen LogP contribution is 2.14. The fourth-order valence-corrected chi connectivity index (χ4v) is 2.73. The predicted molar refractivity (Wildman–Crippen MR) is 66.4 cm³/mol. The lowest BCUT2D eigenvalue weighted by atomic mass is 10.3. The van der Waals surface area contributed by atoms with Crippen molar-refractivity contribution in [2.24, 2.45) is 0 Å². The number of nitriles is 1. The highest BCUT2D eigenvalue weighted by molar-refractivity contribution is 7.10. The minimum Gasteiger partial charge on any atom is -0.306 e. The third kappa shape index (κ3) is 2.89. The Bertz CT molecular complexity index is 507. The molecule has 0 saturated carbocycles. The Kier molecular flexibility index (Phi) is 3.67. The molecule has 3 nitrogen and oxygen atoms in total. The van der Waals surface area contributed by atoms with Gasteiger partial charge in [-0.2, -0.15) is 5.26 Å². The van der Waals surface area contributed by atoms with E-state index in [0.29, 0.717) is 0 Å². The van der Waals surface area contributed by atoms with E-state index in [9.17, 15) is 0 Å². The Hall–Kier alpha value is -1.22. The molecule has 1 N–H and O–H groups in total.